The number of halogens is 6. The van der Waals surface area contributed by atoms with E-state index in [2.05, 4.69) is 5.73 Å². The lowest BCUT2D eigenvalue weighted by Gasteiger charge is -2.06. The molecule has 13 heavy (non-hydrogen) atoms. The fraction of sp³-hybridized carbons (Fsp3) is 0.400. The number of hydrogen-bond acceptors (Lipinski definition) is 2. The molecular formula is C5H3F6NO. The van der Waals surface area contributed by atoms with Gasteiger partial charge in [-0.15, -0.1) is 0 Å². The minimum Gasteiger partial charge on any atom is -0.395 e. The first-order valence-electron chi connectivity index (χ1n) is 2.70. The number of carbonyl (C=O) groups excluding carboxylic acids is 1. The molecule has 0 aliphatic rings. The predicted molar refractivity (Wildman–Crippen MR) is 29.4 cm³/mol. The average Bonchev–Trinajstić information content (AvgIpc) is 1.82. The normalized spacial score (nSPS) is 14.5. The maximum Gasteiger partial charge on any atom is 0.454 e. The molecule has 2 N–H and O–H groups in total. The topological polar surface area (TPSA) is 43.1 Å². The zero-order chi connectivity index (χ0) is 10.9. The van der Waals surface area contributed by atoms with Crippen LogP contribution in [0, 0.1) is 0 Å². The van der Waals surface area contributed by atoms with E-state index in [1.165, 1.54) is 0 Å². The second-order valence-corrected chi connectivity index (χ2v) is 1.96. The Bertz CT molecular complexity index is 236. The molecule has 0 fully saturated rings. The molecule has 0 rings (SSSR count). The van der Waals surface area contributed by atoms with Gasteiger partial charge in [0.15, 0.2) is 0 Å². The third-order valence-corrected chi connectivity index (χ3v) is 0.893. The molecule has 0 spiro atoms. The van der Waals surface area contributed by atoms with Crippen LogP contribution in [0.25, 0.3) is 0 Å². The lowest BCUT2D eigenvalue weighted by Crippen LogP contribution is -2.26. The summed E-state index contributed by atoms with van der Waals surface area (Å²) in [7, 11) is 0. The Morgan fingerprint density at radius 2 is 1.38 bits per heavy atom. The van der Waals surface area contributed by atoms with Crippen molar-refractivity contribution in [2.24, 2.45) is 5.73 Å². The molecule has 0 saturated carbocycles. The van der Waals surface area contributed by atoms with Crippen molar-refractivity contribution < 1.29 is 31.1 Å². The molecule has 0 bridgehead atoms. The zero-order valence-electron chi connectivity index (χ0n) is 5.83. The summed E-state index contributed by atoms with van der Waals surface area (Å²) in [5, 5.41) is 0. The van der Waals surface area contributed by atoms with Gasteiger partial charge in [0.05, 0.1) is 0 Å². The number of ketones is 1. The predicted octanol–water partition coefficient (Wildman–Crippen LogP) is 1.52. The fourth-order valence-corrected chi connectivity index (χ4v) is 0.305. The maximum absolute atomic E-state index is 11.5. The monoisotopic (exact) mass is 207 g/mol. The number of hydrogen-bond donors (Lipinski definition) is 1. The van der Waals surface area contributed by atoms with E-state index in [-0.39, 0.29) is 0 Å². The van der Waals surface area contributed by atoms with Crippen LogP contribution in [0.3, 0.4) is 0 Å². The molecule has 8 heteroatoms. The quantitative estimate of drug-likeness (QED) is 0.523. The summed E-state index contributed by atoms with van der Waals surface area (Å²) in [5.74, 6) is -2.64. The molecule has 76 valence electrons. The molecule has 2 nitrogen and oxygen atoms in total. The molecule has 0 aromatic carbocycles. The van der Waals surface area contributed by atoms with Crippen molar-refractivity contribution in [2.75, 3.05) is 0 Å². The molecule has 0 aliphatic heterocycles. The Labute approximate surface area is 68.0 Å². The number of nitrogens with two attached hydrogens (primary N) is 1. The van der Waals surface area contributed by atoms with Gasteiger partial charge in [0.25, 0.3) is 5.78 Å². The van der Waals surface area contributed by atoms with Gasteiger partial charge in [-0.05, 0) is 0 Å². The number of rotatable bonds is 1. The highest BCUT2D eigenvalue weighted by Crippen LogP contribution is 2.23. The largest absolute Gasteiger partial charge is 0.454 e. The van der Waals surface area contributed by atoms with E-state index in [9.17, 15) is 31.1 Å². The van der Waals surface area contributed by atoms with E-state index in [0.717, 1.165) is 0 Å². The fourth-order valence-electron chi connectivity index (χ4n) is 0.305. The van der Waals surface area contributed by atoms with Gasteiger partial charge in [0.2, 0.25) is 0 Å². The number of allylic oxidation sites excluding steroid dienone is 2. The summed E-state index contributed by atoms with van der Waals surface area (Å²) in [6.45, 7) is 0. The minimum absolute atomic E-state index is 0.694. The summed E-state index contributed by atoms with van der Waals surface area (Å²) in [6.07, 6.45) is -11.2. The summed E-state index contributed by atoms with van der Waals surface area (Å²) >= 11 is 0. The Kier molecular flexibility index (Phi) is 2.96. The lowest BCUT2D eigenvalue weighted by molar-refractivity contribution is -0.165. The van der Waals surface area contributed by atoms with Crippen LogP contribution in [0.1, 0.15) is 0 Å². The van der Waals surface area contributed by atoms with Gasteiger partial charge in [-0.3, -0.25) is 4.79 Å². The first-order chi connectivity index (χ1) is 5.55. The van der Waals surface area contributed by atoms with Crippen LogP contribution in [-0.4, -0.2) is 18.1 Å². The van der Waals surface area contributed by atoms with Crippen LogP contribution in [0.5, 0.6) is 0 Å². The molecule has 0 saturated heterocycles. The third-order valence-electron chi connectivity index (χ3n) is 0.893. The minimum atomic E-state index is -5.34. The van der Waals surface area contributed by atoms with Crippen LogP contribution in [0.4, 0.5) is 26.3 Å². The Morgan fingerprint density at radius 3 is 1.62 bits per heavy atom. The molecule has 0 aromatic rings. The molecule has 0 unspecified atom stereocenters. The number of carbonyl (C=O) groups is 1. The van der Waals surface area contributed by atoms with Gasteiger partial charge in [-0.25, -0.2) is 0 Å². The lowest BCUT2D eigenvalue weighted by atomic mass is 10.3. The van der Waals surface area contributed by atoms with Crippen molar-refractivity contribution in [3.63, 3.8) is 0 Å². The molecule has 0 atom stereocenters. The van der Waals surface area contributed by atoms with Crippen LogP contribution < -0.4 is 5.73 Å². The average molecular weight is 207 g/mol. The van der Waals surface area contributed by atoms with E-state index in [4.69, 9.17) is 0 Å². The van der Waals surface area contributed by atoms with Crippen molar-refractivity contribution in [1.82, 2.24) is 0 Å². The van der Waals surface area contributed by atoms with E-state index in [0.29, 0.717) is 0 Å². The van der Waals surface area contributed by atoms with Crippen LogP contribution in [0.2, 0.25) is 0 Å². The Hall–Kier alpha value is -1.21. The standard InChI is InChI=1S/C5H3F6NO/c6-4(7,8)2(12)1-3(13)5(9,10)11/h1H,12H2. The van der Waals surface area contributed by atoms with Crippen molar-refractivity contribution in [1.29, 1.82) is 0 Å². The van der Waals surface area contributed by atoms with Crippen LogP contribution in [0.15, 0.2) is 11.8 Å². The molecule has 0 aliphatic carbocycles. The molecular weight excluding hydrogens is 204 g/mol. The Balaban J connectivity index is 4.70. The summed E-state index contributed by atoms with van der Waals surface area (Å²) in [6, 6.07) is 0. The van der Waals surface area contributed by atoms with E-state index < -0.39 is 29.9 Å². The highest BCUT2D eigenvalue weighted by molar-refractivity contribution is 5.94. The zero-order valence-corrected chi connectivity index (χ0v) is 5.83. The van der Waals surface area contributed by atoms with Crippen molar-refractivity contribution >= 4 is 5.78 Å². The summed E-state index contributed by atoms with van der Waals surface area (Å²) in [4.78, 5) is 9.94. The van der Waals surface area contributed by atoms with E-state index >= 15 is 0 Å². The second kappa shape index (κ2) is 3.27. The van der Waals surface area contributed by atoms with Gasteiger partial charge < -0.3 is 5.73 Å². The molecule has 0 aromatic heterocycles. The first kappa shape index (κ1) is 11.8. The van der Waals surface area contributed by atoms with Crippen LogP contribution in [-0.2, 0) is 4.79 Å². The third kappa shape index (κ3) is 3.81. The second-order valence-electron chi connectivity index (χ2n) is 1.96. The molecule has 0 radical (unpaired) electrons. The highest BCUT2D eigenvalue weighted by atomic mass is 19.4. The first-order valence-corrected chi connectivity index (χ1v) is 2.70. The number of alkyl halides is 6. The summed E-state index contributed by atoms with van der Waals surface area (Å²) < 4.78 is 68.6. The van der Waals surface area contributed by atoms with E-state index in [1.807, 2.05) is 0 Å². The van der Waals surface area contributed by atoms with E-state index in [1.54, 1.807) is 0 Å². The summed E-state index contributed by atoms with van der Waals surface area (Å²) in [5.41, 5.74) is 2.09. The highest BCUT2D eigenvalue weighted by Gasteiger charge is 2.40. The van der Waals surface area contributed by atoms with Crippen molar-refractivity contribution in [2.45, 2.75) is 12.4 Å². The SMILES string of the molecule is NC(=CC(=O)C(F)(F)F)C(F)(F)F. The van der Waals surface area contributed by atoms with Crippen molar-refractivity contribution in [3.8, 4) is 0 Å². The van der Waals surface area contributed by atoms with Gasteiger partial charge in [0, 0.05) is 6.08 Å². The molecule has 0 heterocycles. The van der Waals surface area contributed by atoms with Gasteiger partial charge >= 0.3 is 12.4 Å². The smallest absolute Gasteiger partial charge is 0.395 e. The maximum atomic E-state index is 11.5. The van der Waals surface area contributed by atoms with Gasteiger partial charge in [0.1, 0.15) is 5.70 Å². The Morgan fingerprint density at radius 1 is 1.00 bits per heavy atom. The van der Waals surface area contributed by atoms with Crippen molar-refractivity contribution in [3.05, 3.63) is 11.8 Å². The van der Waals surface area contributed by atoms with Gasteiger partial charge in [-0.2, -0.15) is 26.3 Å². The van der Waals surface area contributed by atoms with Gasteiger partial charge in [-0.1, -0.05) is 0 Å². The molecule has 0 amide bonds. The van der Waals surface area contributed by atoms with Crippen LogP contribution >= 0.6 is 0 Å².